The molecule has 1 aromatic carbocycles. The van der Waals surface area contributed by atoms with Gasteiger partial charge in [-0.15, -0.1) is 11.3 Å². The summed E-state index contributed by atoms with van der Waals surface area (Å²) in [6, 6.07) is 11.1. The van der Waals surface area contributed by atoms with Crippen LogP contribution in [0.5, 0.6) is 0 Å². The SMILES string of the molecule is COCCCN(C(=O)Cn1c(=O)oc2ccccc21)[C@@H](C)c1cccs1. The third kappa shape index (κ3) is 3.89. The van der Waals surface area contributed by atoms with Crippen LogP contribution in [0.15, 0.2) is 51.0 Å². The molecule has 0 fully saturated rings. The normalized spacial score (nSPS) is 12.4. The van der Waals surface area contributed by atoms with Gasteiger partial charge >= 0.3 is 5.76 Å². The van der Waals surface area contributed by atoms with Gasteiger partial charge in [0.15, 0.2) is 5.58 Å². The topological polar surface area (TPSA) is 64.7 Å². The molecule has 0 aliphatic carbocycles. The van der Waals surface area contributed by atoms with Gasteiger partial charge in [0.2, 0.25) is 5.91 Å². The molecule has 0 unspecified atom stereocenters. The predicted molar refractivity (Wildman–Crippen MR) is 101 cm³/mol. The van der Waals surface area contributed by atoms with Crippen molar-refractivity contribution in [1.29, 1.82) is 0 Å². The van der Waals surface area contributed by atoms with E-state index in [0.717, 1.165) is 11.3 Å². The lowest BCUT2D eigenvalue weighted by Gasteiger charge is -2.29. The van der Waals surface area contributed by atoms with E-state index >= 15 is 0 Å². The zero-order valence-corrected chi connectivity index (χ0v) is 15.7. The Labute approximate surface area is 155 Å². The zero-order valence-electron chi connectivity index (χ0n) is 14.9. The van der Waals surface area contributed by atoms with Gasteiger partial charge in [-0.3, -0.25) is 9.36 Å². The van der Waals surface area contributed by atoms with Crippen molar-refractivity contribution in [3.05, 3.63) is 57.2 Å². The summed E-state index contributed by atoms with van der Waals surface area (Å²) in [7, 11) is 1.64. The number of thiophene rings is 1. The van der Waals surface area contributed by atoms with Crippen molar-refractivity contribution in [2.75, 3.05) is 20.3 Å². The lowest BCUT2D eigenvalue weighted by molar-refractivity contribution is -0.134. The molecule has 3 aromatic rings. The molecule has 0 spiro atoms. The van der Waals surface area contributed by atoms with E-state index in [-0.39, 0.29) is 18.5 Å². The molecule has 0 aliphatic heterocycles. The number of methoxy groups -OCH3 is 1. The smallest absolute Gasteiger partial charge is 0.408 e. The first-order chi connectivity index (χ1) is 12.6. The Morgan fingerprint density at radius 3 is 2.85 bits per heavy atom. The second-order valence-electron chi connectivity index (χ2n) is 6.05. The Bertz CT molecular complexity index is 913. The van der Waals surface area contributed by atoms with E-state index in [2.05, 4.69) is 0 Å². The maximum atomic E-state index is 13.0. The summed E-state index contributed by atoms with van der Waals surface area (Å²) in [6.07, 6.45) is 0.735. The van der Waals surface area contributed by atoms with Crippen molar-refractivity contribution in [2.45, 2.75) is 25.9 Å². The van der Waals surface area contributed by atoms with Crippen LogP contribution in [-0.4, -0.2) is 35.6 Å². The number of carbonyl (C=O) groups excluding carboxylic acids is 1. The molecule has 26 heavy (non-hydrogen) atoms. The van der Waals surface area contributed by atoms with Crippen LogP contribution >= 0.6 is 11.3 Å². The third-order valence-corrected chi connectivity index (χ3v) is 5.40. The molecule has 3 rings (SSSR count). The first-order valence-electron chi connectivity index (χ1n) is 8.52. The highest BCUT2D eigenvalue weighted by molar-refractivity contribution is 7.10. The van der Waals surface area contributed by atoms with Crippen LogP contribution < -0.4 is 5.76 Å². The van der Waals surface area contributed by atoms with Crippen LogP contribution in [0.25, 0.3) is 11.1 Å². The molecule has 7 heteroatoms. The standard InChI is InChI=1S/C19H22N2O4S/c1-14(17-9-5-12-26-17)20(10-6-11-24-2)18(22)13-21-15-7-3-4-8-16(15)25-19(21)23/h3-5,7-9,12,14H,6,10-11,13H2,1-2H3/t14-/m0/s1. The monoisotopic (exact) mass is 374 g/mol. The van der Waals surface area contributed by atoms with Crippen molar-refractivity contribution in [3.8, 4) is 0 Å². The summed E-state index contributed by atoms with van der Waals surface area (Å²) in [6.45, 7) is 3.11. The number of benzene rings is 1. The van der Waals surface area contributed by atoms with Crippen molar-refractivity contribution in [2.24, 2.45) is 0 Å². The number of fused-ring (bicyclic) bond motifs is 1. The van der Waals surface area contributed by atoms with Crippen LogP contribution in [0.4, 0.5) is 0 Å². The first kappa shape index (κ1) is 18.4. The minimum absolute atomic E-state index is 0.0431. The zero-order chi connectivity index (χ0) is 18.5. The van der Waals surface area contributed by atoms with Gasteiger partial charge in [-0.2, -0.15) is 0 Å². The van der Waals surface area contributed by atoms with E-state index in [0.29, 0.717) is 24.3 Å². The van der Waals surface area contributed by atoms with Gasteiger partial charge in [-0.25, -0.2) is 4.79 Å². The van der Waals surface area contributed by atoms with Crippen LogP contribution in [0.3, 0.4) is 0 Å². The Morgan fingerprint density at radius 1 is 1.31 bits per heavy atom. The lowest BCUT2D eigenvalue weighted by Crippen LogP contribution is -2.38. The molecule has 1 amide bonds. The number of hydrogen-bond acceptors (Lipinski definition) is 5. The minimum Gasteiger partial charge on any atom is -0.408 e. The van der Waals surface area contributed by atoms with Crippen molar-refractivity contribution >= 4 is 28.3 Å². The van der Waals surface area contributed by atoms with E-state index < -0.39 is 5.76 Å². The van der Waals surface area contributed by atoms with Crippen molar-refractivity contribution in [3.63, 3.8) is 0 Å². The molecule has 0 N–H and O–H groups in total. The van der Waals surface area contributed by atoms with E-state index in [1.54, 1.807) is 41.5 Å². The fourth-order valence-electron chi connectivity index (χ4n) is 2.99. The molecule has 2 aromatic heterocycles. The van der Waals surface area contributed by atoms with Gasteiger partial charge in [0.05, 0.1) is 11.6 Å². The van der Waals surface area contributed by atoms with Crippen LogP contribution in [0.2, 0.25) is 0 Å². The number of oxazole rings is 1. The third-order valence-electron chi connectivity index (χ3n) is 4.36. The van der Waals surface area contributed by atoms with Crippen molar-refractivity contribution < 1.29 is 13.9 Å². The van der Waals surface area contributed by atoms with Gasteiger partial charge in [-0.05, 0) is 36.9 Å². The van der Waals surface area contributed by atoms with Gasteiger partial charge in [0.1, 0.15) is 6.54 Å². The Morgan fingerprint density at radius 2 is 2.12 bits per heavy atom. The molecule has 0 bridgehead atoms. The summed E-state index contributed by atoms with van der Waals surface area (Å²) >= 11 is 1.62. The Hall–Kier alpha value is -2.38. The number of rotatable bonds is 8. The Balaban J connectivity index is 1.84. The molecule has 0 radical (unpaired) electrons. The molecule has 0 aliphatic rings. The Kier molecular flexibility index (Phi) is 5.90. The van der Waals surface area contributed by atoms with Gasteiger partial charge in [0, 0.05) is 25.1 Å². The van der Waals surface area contributed by atoms with E-state index in [4.69, 9.17) is 9.15 Å². The number of para-hydroxylation sites is 2. The number of ether oxygens (including phenoxy) is 1. The second kappa shape index (κ2) is 8.33. The highest BCUT2D eigenvalue weighted by Crippen LogP contribution is 2.25. The van der Waals surface area contributed by atoms with Crippen LogP contribution in [0.1, 0.15) is 24.3 Å². The number of amides is 1. The van der Waals surface area contributed by atoms with Crippen molar-refractivity contribution in [1.82, 2.24) is 9.47 Å². The van der Waals surface area contributed by atoms with Gasteiger partial charge in [0.25, 0.3) is 0 Å². The minimum atomic E-state index is -0.514. The molecule has 0 saturated carbocycles. The molecule has 138 valence electrons. The average Bonchev–Trinajstić information content (AvgIpc) is 3.27. The molecule has 0 saturated heterocycles. The number of nitrogens with zero attached hydrogens (tertiary/aromatic N) is 2. The molecular formula is C19H22N2O4S. The average molecular weight is 374 g/mol. The first-order valence-corrected chi connectivity index (χ1v) is 9.40. The second-order valence-corrected chi connectivity index (χ2v) is 7.03. The fraction of sp³-hybridized carbons (Fsp3) is 0.368. The van der Waals surface area contributed by atoms with E-state index in [1.165, 1.54) is 4.57 Å². The largest absolute Gasteiger partial charge is 0.420 e. The quantitative estimate of drug-likeness (QED) is 0.568. The summed E-state index contributed by atoms with van der Waals surface area (Å²) in [5.41, 5.74) is 1.12. The van der Waals surface area contributed by atoms with E-state index in [9.17, 15) is 9.59 Å². The summed E-state index contributed by atoms with van der Waals surface area (Å²) < 4.78 is 11.7. The van der Waals surface area contributed by atoms with Crippen LogP contribution in [0, 0.1) is 0 Å². The molecule has 6 nitrogen and oxygen atoms in total. The molecular weight excluding hydrogens is 352 g/mol. The lowest BCUT2D eigenvalue weighted by atomic mass is 10.2. The van der Waals surface area contributed by atoms with E-state index in [1.807, 2.05) is 30.5 Å². The summed E-state index contributed by atoms with van der Waals surface area (Å²) in [4.78, 5) is 28.1. The highest BCUT2D eigenvalue weighted by atomic mass is 32.1. The predicted octanol–water partition coefficient (Wildman–Crippen LogP) is 3.28. The maximum absolute atomic E-state index is 13.0. The number of hydrogen-bond donors (Lipinski definition) is 0. The molecule has 2 heterocycles. The summed E-state index contributed by atoms with van der Waals surface area (Å²) in [5, 5.41) is 2.00. The molecule has 1 atom stereocenters. The fourth-order valence-corrected chi connectivity index (χ4v) is 3.78. The van der Waals surface area contributed by atoms with Gasteiger partial charge < -0.3 is 14.1 Å². The van der Waals surface area contributed by atoms with Crippen LogP contribution in [-0.2, 0) is 16.1 Å². The van der Waals surface area contributed by atoms with Gasteiger partial charge in [-0.1, -0.05) is 18.2 Å². The maximum Gasteiger partial charge on any atom is 0.420 e. The number of aromatic nitrogens is 1. The summed E-state index contributed by atoms with van der Waals surface area (Å²) in [5.74, 6) is -0.629. The number of carbonyl (C=O) groups is 1. The highest BCUT2D eigenvalue weighted by Gasteiger charge is 2.23.